The van der Waals surface area contributed by atoms with Crippen LogP contribution in [0.1, 0.15) is 38.2 Å². The van der Waals surface area contributed by atoms with Crippen molar-refractivity contribution < 1.29 is 13.2 Å². The fraction of sp³-hybridized carbons (Fsp3) is 0.529. The summed E-state index contributed by atoms with van der Waals surface area (Å²) in [6.07, 6.45) is 3.50. The van der Waals surface area contributed by atoms with E-state index in [0.29, 0.717) is 6.54 Å². The van der Waals surface area contributed by atoms with Crippen molar-refractivity contribution >= 4 is 21.6 Å². The van der Waals surface area contributed by atoms with Crippen LogP contribution in [0.3, 0.4) is 0 Å². The molecule has 0 unspecified atom stereocenters. The lowest BCUT2D eigenvalue weighted by Gasteiger charge is -2.29. The summed E-state index contributed by atoms with van der Waals surface area (Å²) in [5, 5.41) is 8.78. The third-order valence-electron chi connectivity index (χ3n) is 4.55. The number of amides is 1. The van der Waals surface area contributed by atoms with Gasteiger partial charge in [-0.15, -0.1) is 0 Å². The van der Waals surface area contributed by atoms with Gasteiger partial charge in [0.2, 0.25) is 15.9 Å². The van der Waals surface area contributed by atoms with Gasteiger partial charge >= 0.3 is 0 Å². The minimum absolute atomic E-state index is 0.0214. The van der Waals surface area contributed by atoms with Crippen molar-refractivity contribution in [1.29, 1.82) is 5.26 Å². The Morgan fingerprint density at radius 3 is 2.79 bits per heavy atom. The fourth-order valence-electron chi connectivity index (χ4n) is 3.22. The molecule has 1 amide bonds. The number of nitriles is 1. The molecule has 0 saturated heterocycles. The van der Waals surface area contributed by atoms with Crippen molar-refractivity contribution in [2.75, 3.05) is 18.0 Å². The van der Waals surface area contributed by atoms with Crippen LogP contribution in [0.4, 0.5) is 5.69 Å². The smallest absolute Gasteiger partial charge is 0.243 e. The molecule has 1 aliphatic heterocycles. The first-order valence-corrected chi connectivity index (χ1v) is 9.69. The van der Waals surface area contributed by atoms with Gasteiger partial charge in [-0.3, -0.25) is 4.79 Å². The second kappa shape index (κ2) is 6.54. The monoisotopic (exact) mass is 347 g/mol. The van der Waals surface area contributed by atoms with Gasteiger partial charge in [0.15, 0.2) is 0 Å². The topological polar surface area (TPSA) is 81.5 Å². The second-order valence-corrected chi connectivity index (χ2v) is 8.21. The molecule has 1 aromatic rings. The number of carbonyl (C=O) groups is 1. The van der Waals surface area contributed by atoms with Gasteiger partial charge in [-0.25, -0.2) is 8.42 Å². The summed E-state index contributed by atoms with van der Waals surface area (Å²) in [5.74, 6) is -0.0276. The van der Waals surface area contributed by atoms with Gasteiger partial charge in [0.1, 0.15) is 0 Å². The number of hydrogen-bond acceptors (Lipinski definition) is 4. The van der Waals surface area contributed by atoms with Crippen LogP contribution in [0.15, 0.2) is 23.1 Å². The van der Waals surface area contributed by atoms with Crippen LogP contribution in [0.25, 0.3) is 0 Å². The van der Waals surface area contributed by atoms with E-state index < -0.39 is 10.0 Å². The van der Waals surface area contributed by atoms with E-state index in [-0.39, 0.29) is 29.8 Å². The number of nitrogens with zero attached hydrogens (tertiary/aromatic N) is 3. The molecule has 0 N–H and O–H groups in total. The predicted octanol–water partition coefficient (Wildman–Crippen LogP) is 2.05. The van der Waals surface area contributed by atoms with Gasteiger partial charge in [0.25, 0.3) is 0 Å². The highest BCUT2D eigenvalue weighted by molar-refractivity contribution is 7.89. The zero-order valence-corrected chi connectivity index (χ0v) is 14.6. The molecule has 0 radical (unpaired) electrons. The maximum absolute atomic E-state index is 13.0. The minimum Gasteiger partial charge on any atom is -0.312 e. The van der Waals surface area contributed by atoms with Crippen molar-refractivity contribution in [3.63, 3.8) is 0 Å². The van der Waals surface area contributed by atoms with Gasteiger partial charge < -0.3 is 4.90 Å². The Morgan fingerprint density at radius 1 is 1.42 bits per heavy atom. The molecule has 0 aromatic heterocycles. The molecular weight excluding hydrogens is 326 g/mol. The van der Waals surface area contributed by atoms with Gasteiger partial charge in [-0.05, 0) is 49.4 Å². The lowest BCUT2D eigenvalue weighted by atomic mass is 10.0. The van der Waals surface area contributed by atoms with E-state index in [1.807, 2.05) is 6.07 Å². The number of aryl methyl sites for hydroxylation is 1. The number of benzene rings is 1. The highest BCUT2D eigenvalue weighted by Gasteiger charge is 2.38. The van der Waals surface area contributed by atoms with Crippen molar-refractivity contribution in [2.24, 2.45) is 0 Å². The average Bonchev–Trinajstić information content (AvgIpc) is 3.38. The van der Waals surface area contributed by atoms with Crippen LogP contribution in [0.2, 0.25) is 0 Å². The van der Waals surface area contributed by atoms with E-state index in [1.54, 1.807) is 23.1 Å². The van der Waals surface area contributed by atoms with Gasteiger partial charge in [-0.1, -0.05) is 0 Å². The van der Waals surface area contributed by atoms with Crippen molar-refractivity contribution in [3.8, 4) is 6.07 Å². The molecule has 7 heteroatoms. The van der Waals surface area contributed by atoms with Crippen LogP contribution in [-0.4, -0.2) is 37.8 Å². The molecule has 6 nitrogen and oxygen atoms in total. The summed E-state index contributed by atoms with van der Waals surface area (Å²) in [6.45, 7) is 2.43. The second-order valence-electron chi connectivity index (χ2n) is 6.32. The standard InChI is InChI=1S/C17H21N3O3S/c1-13(21)19-10-2-4-14-12-16(7-8-17(14)19)24(22,23)20(11-3-9-18)15-5-6-15/h7-8,12,15H,2-6,10-11H2,1H3. The van der Waals surface area contributed by atoms with Gasteiger partial charge in [0.05, 0.1) is 11.0 Å². The zero-order valence-electron chi connectivity index (χ0n) is 13.7. The van der Waals surface area contributed by atoms with E-state index in [4.69, 9.17) is 5.26 Å². The number of sulfonamides is 1. The minimum atomic E-state index is -3.60. The summed E-state index contributed by atoms with van der Waals surface area (Å²) in [5.41, 5.74) is 1.70. The third kappa shape index (κ3) is 3.17. The van der Waals surface area contributed by atoms with Crippen LogP contribution in [0.5, 0.6) is 0 Å². The van der Waals surface area contributed by atoms with Gasteiger partial charge in [-0.2, -0.15) is 9.57 Å². The first kappa shape index (κ1) is 16.9. The van der Waals surface area contributed by atoms with E-state index in [0.717, 1.165) is 36.9 Å². The normalized spacial score (nSPS) is 17.5. The first-order chi connectivity index (χ1) is 11.4. The molecule has 0 bridgehead atoms. The van der Waals surface area contributed by atoms with E-state index >= 15 is 0 Å². The van der Waals surface area contributed by atoms with Crippen LogP contribution < -0.4 is 4.90 Å². The van der Waals surface area contributed by atoms with Crippen molar-refractivity contribution in [1.82, 2.24) is 4.31 Å². The van der Waals surface area contributed by atoms with Crippen molar-refractivity contribution in [2.45, 2.75) is 50.0 Å². The average molecular weight is 347 g/mol. The quantitative estimate of drug-likeness (QED) is 0.816. The number of rotatable bonds is 5. The maximum Gasteiger partial charge on any atom is 0.243 e. The highest BCUT2D eigenvalue weighted by atomic mass is 32.2. The Hall–Kier alpha value is -1.91. The molecule has 1 aromatic carbocycles. The molecule has 1 fully saturated rings. The van der Waals surface area contributed by atoms with Gasteiger partial charge in [0, 0.05) is 38.2 Å². The lowest BCUT2D eigenvalue weighted by Crippen LogP contribution is -2.35. The van der Waals surface area contributed by atoms with Crippen molar-refractivity contribution in [3.05, 3.63) is 23.8 Å². The molecular formula is C17H21N3O3S. The summed E-state index contributed by atoms with van der Waals surface area (Å²) in [6, 6.07) is 7.05. The molecule has 2 aliphatic rings. The summed E-state index contributed by atoms with van der Waals surface area (Å²) >= 11 is 0. The summed E-state index contributed by atoms with van der Waals surface area (Å²) in [4.78, 5) is 13.7. The Morgan fingerprint density at radius 2 is 2.17 bits per heavy atom. The summed E-state index contributed by atoms with van der Waals surface area (Å²) < 4.78 is 27.4. The molecule has 1 heterocycles. The predicted molar refractivity (Wildman–Crippen MR) is 89.9 cm³/mol. The molecule has 3 rings (SSSR count). The molecule has 128 valence electrons. The Kier molecular flexibility index (Phi) is 4.61. The fourth-order valence-corrected chi connectivity index (χ4v) is 4.96. The highest BCUT2D eigenvalue weighted by Crippen LogP contribution is 2.35. The van der Waals surface area contributed by atoms with E-state index in [1.165, 1.54) is 11.2 Å². The van der Waals surface area contributed by atoms with E-state index in [9.17, 15) is 13.2 Å². The Labute approximate surface area is 142 Å². The number of anilines is 1. The Balaban J connectivity index is 1.94. The maximum atomic E-state index is 13.0. The molecule has 0 spiro atoms. The molecule has 24 heavy (non-hydrogen) atoms. The molecule has 1 aliphatic carbocycles. The number of hydrogen-bond donors (Lipinski definition) is 0. The van der Waals surface area contributed by atoms with E-state index in [2.05, 4.69) is 0 Å². The first-order valence-electron chi connectivity index (χ1n) is 8.25. The molecule has 1 saturated carbocycles. The SMILES string of the molecule is CC(=O)N1CCCc2cc(S(=O)(=O)N(CCC#N)C3CC3)ccc21. The van der Waals surface area contributed by atoms with Crippen LogP contribution in [-0.2, 0) is 21.2 Å². The number of carbonyl (C=O) groups excluding carboxylic acids is 1. The Bertz CT molecular complexity index is 794. The van der Waals surface area contributed by atoms with Crippen LogP contribution in [0, 0.1) is 11.3 Å². The third-order valence-corrected chi connectivity index (χ3v) is 6.50. The zero-order chi connectivity index (χ0) is 17.3. The molecule has 0 atom stereocenters. The van der Waals surface area contributed by atoms with Crippen LogP contribution >= 0.6 is 0 Å². The summed E-state index contributed by atoms with van der Waals surface area (Å²) in [7, 11) is -3.60. The number of fused-ring (bicyclic) bond motifs is 1. The largest absolute Gasteiger partial charge is 0.312 e. The lowest BCUT2D eigenvalue weighted by molar-refractivity contribution is -0.116.